The Hall–Kier alpha value is -1.77. The Labute approximate surface area is 108 Å². The fourth-order valence-corrected chi connectivity index (χ4v) is 1.97. The van der Waals surface area contributed by atoms with Gasteiger partial charge in [-0.2, -0.15) is 0 Å². The monoisotopic (exact) mass is 244 g/mol. The van der Waals surface area contributed by atoms with E-state index < -0.39 is 0 Å². The van der Waals surface area contributed by atoms with E-state index in [0.717, 1.165) is 28.0 Å². The number of nitrogens with one attached hydrogen (secondary N) is 1. The summed E-state index contributed by atoms with van der Waals surface area (Å²) in [5.41, 5.74) is 3.12. The number of anilines is 1. The van der Waals surface area contributed by atoms with Gasteiger partial charge in [0.2, 0.25) is 0 Å². The van der Waals surface area contributed by atoms with Crippen molar-refractivity contribution in [1.29, 1.82) is 0 Å². The van der Waals surface area contributed by atoms with Crippen LogP contribution >= 0.6 is 0 Å². The van der Waals surface area contributed by atoms with Gasteiger partial charge in [-0.15, -0.1) is 0 Å². The lowest BCUT2D eigenvalue weighted by Gasteiger charge is -2.23. The van der Waals surface area contributed by atoms with Crippen LogP contribution in [-0.2, 0) is 0 Å². The molecule has 1 heterocycles. The van der Waals surface area contributed by atoms with Crippen LogP contribution in [0.2, 0.25) is 0 Å². The van der Waals surface area contributed by atoms with Gasteiger partial charge in [-0.3, -0.25) is 4.98 Å². The lowest BCUT2D eigenvalue weighted by atomic mass is 10.1. The quantitative estimate of drug-likeness (QED) is 0.873. The molecule has 1 aromatic heterocycles. The molecule has 0 amide bonds. The molecule has 0 saturated heterocycles. The van der Waals surface area contributed by atoms with Gasteiger partial charge in [0.1, 0.15) is 5.75 Å². The number of aromatic nitrogens is 1. The average Bonchev–Trinajstić information content (AvgIpc) is 2.26. The summed E-state index contributed by atoms with van der Waals surface area (Å²) in [6.07, 6.45) is 0. The number of ether oxygens (including phenoxy) is 1. The number of hydrogen-bond donors (Lipinski definition) is 1. The summed E-state index contributed by atoms with van der Waals surface area (Å²) in [6, 6.07) is 8.04. The minimum atomic E-state index is 0.0177. The van der Waals surface area contributed by atoms with Crippen molar-refractivity contribution in [2.24, 2.45) is 0 Å². The average molecular weight is 244 g/mol. The minimum absolute atomic E-state index is 0.0177. The first-order valence-corrected chi connectivity index (χ1v) is 6.12. The van der Waals surface area contributed by atoms with E-state index in [1.807, 2.05) is 25.1 Å². The molecule has 1 aromatic carbocycles. The third-order valence-electron chi connectivity index (χ3n) is 2.65. The number of benzene rings is 1. The molecule has 18 heavy (non-hydrogen) atoms. The molecule has 0 spiro atoms. The molecule has 0 aliphatic heterocycles. The molecule has 0 fully saturated rings. The highest BCUT2D eigenvalue weighted by atomic mass is 16.5. The summed E-state index contributed by atoms with van der Waals surface area (Å²) in [5.74, 6) is 0.852. The number of rotatable bonds is 2. The normalized spacial score (nSPS) is 11.6. The van der Waals surface area contributed by atoms with Gasteiger partial charge in [0.25, 0.3) is 0 Å². The number of pyridine rings is 1. The number of aryl methyl sites for hydroxylation is 1. The summed E-state index contributed by atoms with van der Waals surface area (Å²) in [4.78, 5) is 4.55. The predicted molar refractivity (Wildman–Crippen MR) is 76.4 cm³/mol. The van der Waals surface area contributed by atoms with Crippen LogP contribution in [-0.4, -0.2) is 17.6 Å². The Morgan fingerprint density at radius 1 is 1.17 bits per heavy atom. The molecule has 2 rings (SSSR count). The third kappa shape index (κ3) is 2.73. The van der Waals surface area contributed by atoms with Crippen LogP contribution < -0.4 is 10.1 Å². The van der Waals surface area contributed by atoms with E-state index in [9.17, 15) is 0 Å². The maximum Gasteiger partial charge on any atom is 0.119 e. The lowest BCUT2D eigenvalue weighted by molar-refractivity contribution is 0.415. The van der Waals surface area contributed by atoms with Gasteiger partial charge in [0.15, 0.2) is 0 Å². The molecule has 0 radical (unpaired) electrons. The Kier molecular flexibility index (Phi) is 3.16. The summed E-state index contributed by atoms with van der Waals surface area (Å²) in [6.45, 7) is 8.45. The van der Waals surface area contributed by atoms with Crippen LogP contribution in [0.25, 0.3) is 10.9 Å². The van der Waals surface area contributed by atoms with Crippen molar-refractivity contribution in [2.45, 2.75) is 33.2 Å². The van der Waals surface area contributed by atoms with E-state index in [2.05, 4.69) is 37.1 Å². The molecule has 0 aliphatic carbocycles. The highest BCUT2D eigenvalue weighted by Gasteiger charge is 2.13. The van der Waals surface area contributed by atoms with Crippen LogP contribution in [0, 0.1) is 6.92 Å². The van der Waals surface area contributed by atoms with E-state index in [0.29, 0.717) is 0 Å². The van der Waals surface area contributed by atoms with E-state index in [1.165, 1.54) is 0 Å². The van der Waals surface area contributed by atoms with Gasteiger partial charge in [-0.1, -0.05) is 0 Å². The zero-order chi connectivity index (χ0) is 13.3. The Balaban J connectivity index is 2.61. The van der Waals surface area contributed by atoms with Crippen molar-refractivity contribution in [3.63, 3.8) is 0 Å². The summed E-state index contributed by atoms with van der Waals surface area (Å²) in [5, 5.41) is 4.61. The van der Waals surface area contributed by atoms with Crippen molar-refractivity contribution in [1.82, 2.24) is 4.98 Å². The molecule has 3 nitrogen and oxygen atoms in total. The molecule has 96 valence electrons. The van der Waals surface area contributed by atoms with Gasteiger partial charge >= 0.3 is 0 Å². The fourth-order valence-electron chi connectivity index (χ4n) is 1.97. The Morgan fingerprint density at radius 2 is 1.89 bits per heavy atom. The van der Waals surface area contributed by atoms with Crippen molar-refractivity contribution in [2.75, 3.05) is 12.4 Å². The smallest absolute Gasteiger partial charge is 0.119 e. The van der Waals surface area contributed by atoms with E-state index in [-0.39, 0.29) is 5.54 Å². The summed E-state index contributed by atoms with van der Waals surface area (Å²) >= 11 is 0. The largest absolute Gasteiger partial charge is 0.497 e. The van der Waals surface area contributed by atoms with Crippen molar-refractivity contribution in [3.8, 4) is 5.75 Å². The molecule has 2 aromatic rings. The number of nitrogens with zero attached hydrogens (tertiary/aromatic N) is 1. The first kappa shape index (κ1) is 12.7. The second kappa shape index (κ2) is 4.48. The standard InChI is InChI=1S/C15H20N2O/c1-10-8-14(17-15(2,3)4)12-9-11(18-5)6-7-13(12)16-10/h6-9H,1-5H3,(H,16,17). The van der Waals surface area contributed by atoms with Gasteiger partial charge in [0.05, 0.1) is 12.6 Å². The highest BCUT2D eigenvalue weighted by Crippen LogP contribution is 2.29. The molecule has 3 heteroatoms. The van der Waals surface area contributed by atoms with E-state index in [1.54, 1.807) is 7.11 Å². The van der Waals surface area contributed by atoms with E-state index >= 15 is 0 Å². The SMILES string of the molecule is COc1ccc2nc(C)cc(NC(C)(C)C)c2c1. The molecule has 0 bridgehead atoms. The van der Waals surface area contributed by atoms with Gasteiger partial charge in [-0.25, -0.2) is 0 Å². The van der Waals surface area contributed by atoms with Crippen molar-refractivity contribution >= 4 is 16.6 Å². The van der Waals surface area contributed by atoms with Crippen LogP contribution in [0.15, 0.2) is 24.3 Å². The fraction of sp³-hybridized carbons (Fsp3) is 0.400. The van der Waals surface area contributed by atoms with Crippen LogP contribution in [0.1, 0.15) is 26.5 Å². The predicted octanol–water partition coefficient (Wildman–Crippen LogP) is 3.76. The molecule has 1 N–H and O–H groups in total. The molecule has 0 unspecified atom stereocenters. The first-order chi connectivity index (χ1) is 8.39. The summed E-state index contributed by atoms with van der Waals surface area (Å²) in [7, 11) is 1.68. The maximum atomic E-state index is 5.28. The highest BCUT2D eigenvalue weighted by molar-refractivity contribution is 5.92. The molecule has 0 saturated carbocycles. The number of hydrogen-bond acceptors (Lipinski definition) is 3. The second-order valence-electron chi connectivity index (χ2n) is 5.57. The van der Waals surface area contributed by atoms with Crippen LogP contribution in [0.4, 0.5) is 5.69 Å². The molecular formula is C15H20N2O. The van der Waals surface area contributed by atoms with Crippen LogP contribution in [0.3, 0.4) is 0 Å². The zero-order valence-electron chi connectivity index (χ0n) is 11.7. The van der Waals surface area contributed by atoms with Gasteiger partial charge in [-0.05, 0) is 52.0 Å². The van der Waals surface area contributed by atoms with Crippen molar-refractivity contribution < 1.29 is 4.74 Å². The topological polar surface area (TPSA) is 34.1 Å². The Bertz CT molecular complexity index is 570. The van der Waals surface area contributed by atoms with Gasteiger partial charge in [0, 0.05) is 22.3 Å². The Morgan fingerprint density at radius 3 is 2.50 bits per heavy atom. The zero-order valence-corrected chi connectivity index (χ0v) is 11.7. The van der Waals surface area contributed by atoms with Gasteiger partial charge < -0.3 is 10.1 Å². The van der Waals surface area contributed by atoms with Crippen LogP contribution in [0.5, 0.6) is 5.75 Å². The lowest BCUT2D eigenvalue weighted by Crippen LogP contribution is -2.26. The molecule has 0 atom stereocenters. The molecule has 0 aliphatic rings. The van der Waals surface area contributed by atoms with Crippen molar-refractivity contribution in [3.05, 3.63) is 30.0 Å². The minimum Gasteiger partial charge on any atom is -0.497 e. The number of methoxy groups -OCH3 is 1. The summed E-state index contributed by atoms with van der Waals surface area (Å²) < 4.78 is 5.28. The first-order valence-electron chi connectivity index (χ1n) is 6.12. The second-order valence-corrected chi connectivity index (χ2v) is 5.57. The molecular weight excluding hydrogens is 224 g/mol. The number of fused-ring (bicyclic) bond motifs is 1. The third-order valence-corrected chi connectivity index (χ3v) is 2.65. The maximum absolute atomic E-state index is 5.28. The van der Waals surface area contributed by atoms with E-state index in [4.69, 9.17) is 4.74 Å².